The number of carbonyl (C=O) groups is 1. The van der Waals surface area contributed by atoms with Crippen LogP contribution in [0.1, 0.15) is 25.1 Å². The zero-order valence-electron chi connectivity index (χ0n) is 14.6. The molecule has 0 unspecified atom stereocenters. The first-order valence-electron chi connectivity index (χ1n) is 8.30. The van der Waals surface area contributed by atoms with Crippen molar-refractivity contribution in [2.45, 2.75) is 30.9 Å². The van der Waals surface area contributed by atoms with Gasteiger partial charge >= 0.3 is 0 Å². The molecule has 0 spiro atoms. The Morgan fingerprint density at radius 2 is 1.92 bits per heavy atom. The molecule has 26 heavy (non-hydrogen) atoms. The van der Waals surface area contributed by atoms with Crippen LogP contribution in [-0.2, 0) is 17.0 Å². The molecule has 1 heterocycles. The quantitative estimate of drug-likeness (QED) is 0.408. The molecule has 0 atom stereocenters. The highest BCUT2D eigenvalue weighted by Gasteiger charge is 2.20. The van der Waals surface area contributed by atoms with Crippen LogP contribution in [0, 0.1) is 0 Å². The molecule has 0 fully saturated rings. The van der Waals surface area contributed by atoms with Crippen LogP contribution in [0.2, 0.25) is 0 Å². The zero-order chi connectivity index (χ0) is 18.5. The summed E-state index contributed by atoms with van der Waals surface area (Å²) < 4.78 is 1.07. The molecule has 0 bridgehead atoms. The Morgan fingerprint density at radius 1 is 1.19 bits per heavy atom. The Labute approximate surface area is 170 Å². The van der Waals surface area contributed by atoms with E-state index in [9.17, 15) is 4.79 Å². The average molecular weight is 447 g/mol. The summed E-state index contributed by atoms with van der Waals surface area (Å²) in [6, 6.07) is 16.2. The number of rotatable bonds is 6. The second kappa shape index (κ2) is 8.84. The van der Waals surface area contributed by atoms with Crippen molar-refractivity contribution in [1.82, 2.24) is 4.98 Å². The molecule has 134 valence electrons. The third kappa shape index (κ3) is 4.55. The predicted molar refractivity (Wildman–Crippen MR) is 114 cm³/mol. The van der Waals surface area contributed by atoms with Gasteiger partial charge in [0, 0.05) is 27.4 Å². The van der Waals surface area contributed by atoms with Gasteiger partial charge in [-0.1, -0.05) is 41.1 Å². The van der Waals surface area contributed by atoms with Gasteiger partial charge < -0.3 is 0 Å². The number of aromatic nitrogens is 1. The molecule has 6 heteroatoms. The minimum absolute atomic E-state index is 0.0210. The van der Waals surface area contributed by atoms with Crippen molar-refractivity contribution in [3.05, 3.63) is 69.6 Å². The largest absolute Gasteiger partial charge is 0.274 e. The number of aryl methyl sites for hydroxylation is 1. The molecule has 0 saturated carbocycles. The van der Waals surface area contributed by atoms with Crippen LogP contribution in [0.5, 0.6) is 0 Å². The first-order chi connectivity index (χ1) is 12.6. The van der Waals surface area contributed by atoms with Gasteiger partial charge in [0.2, 0.25) is 5.91 Å². The molecule has 0 saturated heterocycles. The molecule has 0 N–H and O–H groups in total. The number of benzene rings is 2. The summed E-state index contributed by atoms with van der Waals surface area (Å²) in [4.78, 5) is 19.9. The van der Waals surface area contributed by atoms with Gasteiger partial charge in [0.05, 0.1) is 11.4 Å². The number of thioether (sulfide) groups is 1. The maximum atomic E-state index is 12.3. The second-order valence-electron chi connectivity index (χ2n) is 5.70. The van der Waals surface area contributed by atoms with E-state index in [1.165, 1.54) is 16.2 Å². The number of carbonyl (C=O) groups excluding carboxylic acids is 1. The molecular formula is C20H19BrN2OS2. The fourth-order valence-electron chi connectivity index (χ4n) is 2.59. The minimum atomic E-state index is -0.0210. The van der Waals surface area contributed by atoms with Crippen molar-refractivity contribution >= 4 is 55.8 Å². The summed E-state index contributed by atoms with van der Waals surface area (Å²) in [6.45, 7) is 3.68. The smallest absolute Gasteiger partial charge is 0.230 e. The van der Waals surface area contributed by atoms with E-state index in [1.54, 1.807) is 23.6 Å². The lowest BCUT2D eigenvalue weighted by molar-refractivity contribution is -0.115. The molecule has 0 aliphatic carbocycles. The number of amides is 1. The Hall–Kier alpha value is -1.63. The van der Waals surface area contributed by atoms with Gasteiger partial charge in [0.1, 0.15) is 0 Å². The maximum Gasteiger partial charge on any atom is 0.230 e. The lowest BCUT2D eigenvalue weighted by atomic mass is 10.1. The molecule has 1 amide bonds. The van der Waals surface area contributed by atoms with Crippen molar-refractivity contribution in [2.75, 3.05) is 4.90 Å². The van der Waals surface area contributed by atoms with Gasteiger partial charge in [0.15, 0.2) is 5.13 Å². The minimum Gasteiger partial charge on any atom is -0.274 e. The Bertz CT molecular complexity index is 893. The number of halogens is 1. The van der Waals surface area contributed by atoms with Crippen LogP contribution < -0.4 is 4.90 Å². The lowest BCUT2D eigenvalue weighted by Gasteiger charge is -2.20. The number of thiazole rings is 1. The predicted octanol–water partition coefficient (Wildman–Crippen LogP) is 6.44. The normalized spacial score (nSPS) is 10.7. The van der Waals surface area contributed by atoms with Gasteiger partial charge in [-0.25, -0.2) is 4.98 Å². The van der Waals surface area contributed by atoms with E-state index in [1.807, 2.05) is 35.7 Å². The molecule has 3 rings (SSSR count). The van der Waals surface area contributed by atoms with Crippen molar-refractivity contribution in [1.29, 1.82) is 0 Å². The monoisotopic (exact) mass is 446 g/mol. The van der Waals surface area contributed by atoms with Crippen molar-refractivity contribution in [2.24, 2.45) is 0 Å². The van der Waals surface area contributed by atoms with Crippen molar-refractivity contribution in [3.63, 3.8) is 0 Å². The Kier molecular flexibility index (Phi) is 6.51. The maximum absolute atomic E-state index is 12.3. The zero-order valence-corrected chi connectivity index (χ0v) is 17.8. The van der Waals surface area contributed by atoms with Crippen LogP contribution in [0.4, 0.5) is 10.8 Å². The van der Waals surface area contributed by atoms with Crippen LogP contribution >= 0.6 is 39.0 Å². The third-order valence-electron chi connectivity index (χ3n) is 3.86. The number of nitrogens with zero attached hydrogens (tertiary/aromatic N) is 2. The van der Waals surface area contributed by atoms with Gasteiger partial charge in [0.25, 0.3) is 0 Å². The van der Waals surface area contributed by atoms with E-state index in [2.05, 4.69) is 41.1 Å². The summed E-state index contributed by atoms with van der Waals surface area (Å²) in [5, 5.41) is 2.76. The molecule has 3 aromatic rings. The number of anilines is 2. The summed E-state index contributed by atoms with van der Waals surface area (Å²) in [5.74, 6) is 0.756. The highest BCUT2D eigenvalue weighted by atomic mass is 79.9. The molecule has 1 aromatic heterocycles. The molecule has 0 aliphatic rings. The fraction of sp³-hybridized carbons (Fsp3) is 0.200. The molecule has 0 aliphatic heterocycles. The topological polar surface area (TPSA) is 33.2 Å². The fourth-order valence-corrected chi connectivity index (χ4v) is 4.63. The standard InChI is InChI=1S/C20H19BrN2OS2/c1-3-15-6-4-5-7-19(15)23(14(2)24)20-22-17(13-26-20)12-25-18-10-8-16(21)9-11-18/h4-11,13H,3,12H2,1-2H3. The first kappa shape index (κ1) is 19.1. The van der Waals surface area contributed by atoms with Gasteiger partial charge in [-0.3, -0.25) is 9.69 Å². The highest BCUT2D eigenvalue weighted by molar-refractivity contribution is 9.10. The number of hydrogen-bond acceptors (Lipinski definition) is 4. The summed E-state index contributed by atoms with van der Waals surface area (Å²) in [7, 11) is 0. The molecular weight excluding hydrogens is 428 g/mol. The Morgan fingerprint density at radius 3 is 2.62 bits per heavy atom. The number of hydrogen-bond donors (Lipinski definition) is 0. The van der Waals surface area contributed by atoms with Gasteiger partial charge in [-0.15, -0.1) is 23.1 Å². The van der Waals surface area contributed by atoms with E-state index in [0.717, 1.165) is 38.7 Å². The van der Waals surface area contributed by atoms with Crippen LogP contribution in [0.3, 0.4) is 0 Å². The first-order valence-corrected chi connectivity index (χ1v) is 11.0. The van der Waals surface area contributed by atoms with E-state index in [4.69, 9.17) is 4.98 Å². The summed E-state index contributed by atoms with van der Waals surface area (Å²) in [6.07, 6.45) is 0.873. The Balaban J connectivity index is 1.79. The van der Waals surface area contributed by atoms with Crippen LogP contribution in [0.25, 0.3) is 0 Å². The highest BCUT2D eigenvalue weighted by Crippen LogP contribution is 2.33. The average Bonchev–Trinajstić information content (AvgIpc) is 3.10. The summed E-state index contributed by atoms with van der Waals surface area (Å²) in [5.41, 5.74) is 3.05. The van der Waals surface area contributed by atoms with Crippen molar-refractivity contribution in [3.8, 4) is 0 Å². The lowest BCUT2D eigenvalue weighted by Crippen LogP contribution is -2.23. The van der Waals surface area contributed by atoms with E-state index >= 15 is 0 Å². The number of para-hydroxylation sites is 1. The van der Waals surface area contributed by atoms with E-state index < -0.39 is 0 Å². The van der Waals surface area contributed by atoms with Crippen molar-refractivity contribution < 1.29 is 4.79 Å². The van der Waals surface area contributed by atoms with E-state index in [0.29, 0.717) is 0 Å². The SMILES string of the molecule is CCc1ccccc1N(C(C)=O)c1nc(CSc2ccc(Br)cc2)cs1. The molecule has 3 nitrogen and oxygen atoms in total. The van der Waals surface area contributed by atoms with E-state index in [-0.39, 0.29) is 5.91 Å². The summed E-state index contributed by atoms with van der Waals surface area (Å²) >= 11 is 6.70. The van der Waals surface area contributed by atoms with Crippen LogP contribution in [-0.4, -0.2) is 10.9 Å². The van der Waals surface area contributed by atoms with Gasteiger partial charge in [-0.2, -0.15) is 0 Å². The van der Waals surface area contributed by atoms with Crippen LogP contribution in [0.15, 0.2) is 63.3 Å². The second-order valence-corrected chi connectivity index (χ2v) is 8.50. The van der Waals surface area contributed by atoms with Gasteiger partial charge in [-0.05, 0) is 42.3 Å². The molecule has 0 radical (unpaired) electrons. The third-order valence-corrected chi connectivity index (χ3v) is 6.31. The molecule has 2 aromatic carbocycles.